The van der Waals surface area contributed by atoms with Gasteiger partial charge in [0.05, 0.1) is 12.6 Å². The van der Waals surface area contributed by atoms with Gasteiger partial charge in [-0.15, -0.1) is 10.2 Å². The third kappa shape index (κ3) is 4.36. The first-order valence-electron chi connectivity index (χ1n) is 8.74. The lowest BCUT2D eigenvalue weighted by atomic mass is 10.2. The molecule has 0 unspecified atom stereocenters. The standard InChI is InChI=1S/C18H25N5O2/c1-13(17-22-21-16-9-4-3-5-10-23(16)17)19-18(24)20-15-8-6-7-14(11-15)12-25-2/h6-8,11,13H,3-5,9-10,12H2,1-2H3,(H2,19,20,24)/t13-/m0/s1. The normalized spacial score (nSPS) is 15.1. The molecule has 2 amide bonds. The summed E-state index contributed by atoms with van der Waals surface area (Å²) in [6.07, 6.45) is 4.45. The highest BCUT2D eigenvalue weighted by Gasteiger charge is 2.20. The lowest BCUT2D eigenvalue weighted by Crippen LogP contribution is -2.32. The van der Waals surface area contributed by atoms with Crippen molar-refractivity contribution in [3.05, 3.63) is 41.5 Å². The first-order chi connectivity index (χ1) is 12.2. The van der Waals surface area contributed by atoms with E-state index in [4.69, 9.17) is 4.74 Å². The topological polar surface area (TPSA) is 81.1 Å². The zero-order valence-electron chi connectivity index (χ0n) is 14.8. The van der Waals surface area contributed by atoms with E-state index in [1.54, 1.807) is 7.11 Å². The molecule has 0 radical (unpaired) electrons. The summed E-state index contributed by atoms with van der Waals surface area (Å²) in [6, 6.07) is 7.14. The summed E-state index contributed by atoms with van der Waals surface area (Å²) < 4.78 is 7.27. The minimum atomic E-state index is -0.256. The molecule has 0 fully saturated rings. The summed E-state index contributed by atoms with van der Waals surface area (Å²) in [4.78, 5) is 12.3. The van der Waals surface area contributed by atoms with Gasteiger partial charge in [0.2, 0.25) is 0 Å². The molecule has 7 nitrogen and oxygen atoms in total. The molecule has 1 aromatic heterocycles. The van der Waals surface area contributed by atoms with Gasteiger partial charge in [0.15, 0.2) is 5.82 Å². The van der Waals surface area contributed by atoms with Crippen LogP contribution in [0.3, 0.4) is 0 Å². The number of rotatable bonds is 5. The zero-order chi connectivity index (χ0) is 17.6. The van der Waals surface area contributed by atoms with E-state index in [2.05, 4.69) is 25.4 Å². The van der Waals surface area contributed by atoms with Crippen LogP contribution < -0.4 is 10.6 Å². The highest BCUT2D eigenvalue weighted by Crippen LogP contribution is 2.19. The number of carbonyl (C=O) groups excluding carboxylic acids is 1. The maximum Gasteiger partial charge on any atom is 0.319 e. The van der Waals surface area contributed by atoms with Gasteiger partial charge < -0.3 is 19.9 Å². The molecule has 7 heteroatoms. The minimum Gasteiger partial charge on any atom is -0.380 e. The van der Waals surface area contributed by atoms with Crippen molar-refractivity contribution < 1.29 is 9.53 Å². The largest absolute Gasteiger partial charge is 0.380 e. The van der Waals surface area contributed by atoms with Crippen molar-refractivity contribution in [1.82, 2.24) is 20.1 Å². The van der Waals surface area contributed by atoms with Crippen LogP contribution in [0.25, 0.3) is 0 Å². The monoisotopic (exact) mass is 343 g/mol. The van der Waals surface area contributed by atoms with Gasteiger partial charge in [0, 0.05) is 25.8 Å². The number of aromatic nitrogens is 3. The number of nitrogens with one attached hydrogen (secondary N) is 2. The Balaban J connectivity index is 1.63. The van der Waals surface area contributed by atoms with Crippen molar-refractivity contribution in [3.8, 4) is 0 Å². The van der Waals surface area contributed by atoms with E-state index >= 15 is 0 Å². The molecular weight excluding hydrogens is 318 g/mol. The second-order valence-electron chi connectivity index (χ2n) is 6.39. The van der Waals surface area contributed by atoms with Crippen molar-refractivity contribution in [2.75, 3.05) is 12.4 Å². The predicted molar refractivity (Wildman–Crippen MR) is 95.3 cm³/mol. The van der Waals surface area contributed by atoms with E-state index in [9.17, 15) is 4.79 Å². The van der Waals surface area contributed by atoms with Crippen molar-refractivity contribution in [2.24, 2.45) is 0 Å². The molecule has 3 rings (SSSR count). The summed E-state index contributed by atoms with van der Waals surface area (Å²) >= 11 is 0. The molecule has 0 saturated carbocycles. The van der Waals surface area contributed by atoms with Gasteiger partial charge in [-0.25, -0.2) is 4.79 Å². The van der Waals surface area contributed by atoms with Crippen molar-refractivity contribution in [3.63, 3.8) is 0 Å². The number of carbonyl (C=O) groups is 1. The van der Waals surface area contributed by atoms with E-state index in [1.807, 2.05) is 31.2 Å². The lowest BCUT2D eigenvalue weighted by Gasteiger charge is -2.16. The number of fused-ring (bicyclic) bond motifs is 1. The molecule has 134 valence electrons. The van der Waals surface area contributed by atoms with Gasteiger partial charge in [-0.1, -0.05) is 18.6 Å². The summed E-state index contributed by atoms with van der Waals surface area (Å²) in [5, 5.41) is 14.4. The van der Waals surface area contributed by atoms with Gasteiger partial charge in [0.25, 0.3) is 0 Å². The smallest absolute Gasteiger partial charge is 0.319 e. The van der Waals surface area contributed by atoms with Crippen LogP contribution in [-0.2, 0) is 24.3 Å². The van der Waals surface area contributed by atoms with Gasteiger partial charge in [-0.05, 0) is 37.5 Å². The number of nitrogens with zero attached hydrogens (tertiary/aromatic N) is 3. The van der Waals surface area contributed by atoms with Crippen LogP contribution in [0.15, 0.2) is 24.3 Å². The molecule has 0 bridgehead atoms. The average Bonchev–Trinajstić information content (AvgIpc) is 2.84. The second-order valence-corrected chi connectivity index (χ2v) is 6.39. The molecule has 2 aromatic rings. The van der Waals surface area contributed by atoms with Gasteiger partial charge >= 0.3 is 6.03 Å². The van der Waals surface area contributed by atoms with Crippen LogP contribution in [0.5, 0.6) is 0 Å². The van der Waals surface area contributed by atoms with E-state index in [1.165, 1.54) is 6.42 Å². The molecular formula is C18H25N5O2. The fourth-order valence-electron chi connectivity index (χ4n) is 3.16. The van der Waals surface area contributed by atoms with E-state index < -0.39 is 0 Å². The average molecular weight is 343 g/mol. The number of ether oxygens (including phenoxy) is 1. The Kier molecular flexibility index (Phi) is 5.65. The Labute approximate surface area is 147 Å². The summed E-state index contributed by atoms with van der Waals surface area (Å²) in [6.45, 7) is 3.37. The number of methoxy groups -OCH3 is 1. The molecule has 2 N–H and O–H groups in total. The van der Waals surface area contributed by atoms with Gasteiger partial charge in [0.1, 0.15) is 5.82 Å². The second kappa shape index (κ2) is 8.11. The van der Waals surface area contributed by atoms with E-state index in [-0.39, 0.29) is 12.1 Å². The first-order valence-corrected chi connectivity index (χ1v) is 8.74. The van der Waals surface area contributed by atoms with Crippen LogP contribution in [0.4, 0.5) is 10.5 Å². The number of amides is 2. The van der Waals surface area contributed by atoms with Crippen LogP contribution in [-0.4, -0.2) is 27.9 Å². The molecule has 0 aliphatic carbocycles. The SMILES string of the molecule is COCc1cccc(NC(=O)N[C@@H](C)c2nnc3n2CCCCC3)c1. The Morgan fingerprint density at radius 1 is 1.32 bits per heavy atom. The fourth-order valence-corrected chi connectivity index (χ4v) is 3.16. The molecule has 25 heavy (non-hydrogen) atoms. The zero-order valence-corrected chi connectivity index (χ0v) is 14.8. The van der Waals surface area contributed by atoms with Crippen molar-refractivity contribution in [1.29, 1.82) is 0 Å². The molecule has 1 aromatic carbocycles. The van der Waals surface area contributed by atoms with Crippen LogP contribution in [0.1, 0.15) is 49.4 Å². The maximum atomic E-state index is 12.3. The molecule has 1 aliphatic rings. The first kappa shape index (κ1) is 17.4. The van der Waals surface area contributed by atoms with Crippen molar-refractivity contribution in [2.45, 2.75) is 51.8 Å². The lowest BCUT2D eigenvalue weighted by molar-refractivity contribution is 0.185. The molecule has 1 aliphatic heterocycles. The third-order valence-electron chi connectivity index (χ3n) is 4.37. The Hall–Kier alpha value is -2.41. The number of urea groups is 1. The fraction of sp³-hybridized carbons (Fsp3) is 0.500. The van der Waals surface area contributed by atoms with Gasteiger partial charge in [-0.2, -0.15) is 0 Å². The predicted octanol–water partition coefficient (Wildman–Crippen LogP) is 3.03. The Bertz CT molecular complexity index is 728. The number of hydrogen-bond donors (Lipinski definition) is 2. The number of benzene rings is 1. The quantitative estimate of drug-likeness (QED) is 0.874. The minimum absolute atomic E-state index is 0.207. The summed E-state index contributed by atoms with van der Waals surface area (Å²) in [5.74, 6) is 1.84. The van der Waals surface area contributed by atoms with Crippen LogP contribution >= 0.6 is 0 Å². The number of aryl methyl sites for hydroxylation is 1. The highest BCUT2D eigenvalue weighted by atomic mass is 16.5. The summed E-state index contributed by atoms with van der Waals surface area (Å²) in [5.41, 5.74) is 1.75. The molecule has 0 saturated heterocycles. The molecule has 2 heterocycles. The van der Waals surface area contributed by atoms with E-state index in [0.29, 0.717) is 6.61 Å². The maximum absolute atomic E-state index is 12.3. The number of anilines is 1. The molecule has 0 spiro atoms. The Morgan fingerprint density at radius 3 is 3.04 bits per heavy atom. The van der Waals surface area contributed by atoms with Crippen LogP contribution in [0, 0.1) is 0 Å². The summed E-state index contributed by atoms with van der Waals surface area (Å²) in [7, 11) is 1.65. The highest BCUT2D eigenvalue weighted by molar-refractivity contribution is 5.89. The third-order valence-corrected chi connectivity index (χ3v) is 4.37. The van der Waals surface area contributed by atoms with E-state index in [0.717, 1.165) is 48.7 Å². The molecule has 1 atom stereocenters. The van der Waals surface area contributed by atoms with Crippen molar-refractivity contribution >= 4 is 11.7 Å². The van der Waals surface area contributed by atoms with Gasteiger partial charge in [-0.3, -0.25) is 0 Å². The Morgan fingerprint density at radius 2 is 2.20 bits per heavy atom. The van der Waals surface area contributed by atoms with Crippen LogP contribution in [0.2, 0.25) is 0 Å². The number of hydrogen-bond acceptors (Lipinski definition) is 4.